The standard InChI is InChI=1S/C45H38Si/c1-8-22-36(23-9-1)43(37-24-10-2-11-25-37)46(42-34-20-7-21-35-42,44(38-26-12-3-13-27-38)39-28-14-4-15-29-39)45(40-30-16-5-17-31-40)41-32-18-6-19-33-41/h1-35,43-45H. The fourth-order valence-electron chi connectivity index (χ4n) is 7.83. The Morgan fingerprint density at radius 2 is 0.391 bits per heavy atom. The van der Waals surface area contributed by atoms with E-state index in [9.17, 15) is 0 Å². The molecule has 0 saturated heterocycles. The van der Waals surface area contributed by atoms with Gasteiger partial charge in [-0.2, -0.15) is 0 Å². The highest BCUT2D eigenvalue weighted by molar-refractivity contribution is 6.96. The van der Waals surface area contributed by atoms with Crippen molar-refractivity contribution in [1.29, 1.82) is 0 Å². The van der Waals surface area contributed by atoms with E-state index in [2.05, 4.69) is 212 Å². The fourth-order valence-corrected chi connectivity index (χ4v) is 15.1. The minimum atomic E-state index is -3.00. The summed E-state index contributed by atoms with van der Waals surface area (Å²) < 4.78 is 0. The summed E-state index contributed by atoms with van der Waals surface area (Å²) in [5, 5.41) is 1.45. The lowest BCUT2D eigenvalue weighted by molar-refractivity contribution is 0.899. The normalized spacial score (nSPS) is 11.6. The quantitative estimate of drug-likeness (QED) is 0.136. The highest BCUT2D eigenvalue weighted by Gasteiger charge is 2.57. The molecular weight excluding hydrogens is 569 g/mol. The number of hydrogen-bond acceptors (Lipinski definition) is 0. The molecule has 7 rings (SSSR count). The molecule has 7 aromatic rings. The SMILES string of the molecule is c1ccc(C(c2ccccc2)[Si](c2ccccc2)(C(c2ccccc2)c2ccccc2)C(c2ccccc2)c2ccccc2)cc1. The van der Waals surface area contributed by atoms with E-state index < -0.39 is 8.07 Å². The Balaban J connectivity index is 1.73. The van der Waals surface area contributed by atoms with Gasteiger partial charge in [0.15, 0.2) is 0 Å². The first kappa shape index (κ1) is 29.5. The molecule has 0 atom stereocenters. The van der Waals surface area contributed by atoms with Gasteiger partial charge in [0, 0.05) is 16.6 Å². The first-order valence-electron chi connectivity index (χ1n) is 16.2. The van der Waals surface area contributed by atoms with Crippen LogP contribution in [0.1, 0.15) is 50.0 Å². The van der Waals surface area contributed by atoms with E-state index in [1.165, 1.54) is 38.6 Å². The van der Waals surface area contributed by atoms with Crippen molar-refractivity contribution in [2.45, 2.75) is 16.6 Å². The van der Waals surface area contributed by atoms with Crippen LogP contribution in [0.5, 0.6) is 0 Å². The summed E-state index contributed by atoms with van der Waals surface area (Å²) in [7, 11) is -3.00. The van der Waals surface area contributed by atoms with Crippen LogP contribution in [0.15, 0.2) is 212 Å². The van der Waals surface area contributed by atoms with Gasteiger partial charge in [0.1, 0.15) is 8.07 Å². The molecular formula is C45H38Si. The lowest BCUT2D eigenvalue weighted by Crippen LogP contribution is -2.63. The summed E-state index contributed by atoms with van der Waals surface area (Å²) in [6, 6.07) is 79.4. The van der Waals surface area contributed by atoms with E-state index in [1.807, 2.05) is 0 Å². The molecule has 0 N–H and O–H groups in total. The molecule has 0 saturated carbocycles. The van der Waals surface area contributed by atoms with Gasteiger partial charge in [-0.15, -0.1) is 0 Å². The Morgan fingerprint density at radius 3 is 0.587 bits per heavy atom. The lowest BCUT2D eigenvalue weighted by atomic mass is 10.0. The zero-order chi connectivity index (χ0) is 31.0. The van der Waals surface area contributed by atoms with Crippen LogP contribution in [0, 0.1) is 0 Å². The third-order valence-electron chi connectivity index (χ3n) is 9.50. The summed E-state index contributed by atoms with van der Waals surface area (Å²) in [6.45, 7) is 0. The molecule has 0 heterocycles. The maximum absolute atomic E-state index is 3.00. The first-order valence-corrected chi connectivity index (χ1v) is 18.5. The predicted molar refractivity (Wildman–Crippen MR) is 196 cm³/mol. The van der Waals surface area contributed by atoms with Crippen LogP contribution in [-0.2, 0) is 0 Å². The third-order valence-corrected chi connectivity index (χ3v) is 15.7. The van der Waals surface area contributed by atoms with Crippen molar-refractivity contribution in [3.63, 3.8) is 0 Å². The van der Waals surface area contributed by atoms with E-state index in [4.69, 9.17) is 0 Å². The van der Waals surface area contributed by atoms with Crippen LogP contribution in [0.2, 0.25) is 0 Å². The summed E-state index contributed by atoms with van der Waals surface area (Å²) in [5.74, 6) is 0. The molecule has 0 nitrogen and oxygen atoms in total. The molecule has 46 heavy (non-hydrogen) atoms. The largest absolute Gasteiger partial charge is 0.122 e. The predicted octanol–water partition coefficient (Wildman–Crippen LogP) is 10.5. The summed E-state index contributed by atoms with van der Waals surface area (Å²) in [6.07, 6.45) is 0. The van der Waals surface area contributed by atoms with Gasteiger partial charge < -0.3 is 0 Å². The Bertz CT molecular complexity index is 1590. The van der Waals surface area contributed by atoms with E-state index in [1.54, 1.807) is 0 Å². The molecule has 0 amide bonds. The van der Waals surface area contributed by atoms with Crippen molar-refractivity contribution in [2.75, 3.05) is 0 Å². The second kappa shape index (κ2) is 13.8. The summed E-state index contributed by atoms with van der Waals surface area (Å²) >= 11 is 0. The summed E-state index contributed by atoms with van der Waals surface area (Å²) in [4.78, 5) is 0. The number of hydrogen-bond donors (Lipinski definition) is 0. The highest BCUT2D eigenvalue weighted by atomic mass is 28.3. The minimum absolute atomic E-state index is 0.119. The van der Waals surface area contributed by atoms with Crippen molar-refractivity contribution in [2.24, 2.45) is 0 Å². The number of benzene rings is 7. The lowest BCUT2D eigenvalue weighted by Gasteiger charge is -2.51. The molecule has 7 aromatic carbocycles. The van der Waals surface area contributed by atoms with Crippen LogP contribution in [-0.4, -0.2) is 8.07 Å². The van der Waals surface area contributed by atoms with Gasteiger partial charge in [-0.1, -0.05) is 218 Å². The van der Waals surface area contributed by atoms with E-state index in [0.29, 0.717) is 0 Å². The zero-order valence-corrected chi connectivity index (χ0v) is 26.9. The van der Waals surface area contributed by atoms with Gasteiger partial charge in [-0.05, 0) is 33.4 Å². The van der Waals surface area contributed by atoms with Crippen molar-refractivity contribution in [3.8, 4) is 0 Å². The molecule has 0 unspecified atom stereocenters. The zero-order valence-electron chi connectivity index (χ0n) is 25.9. The second-order valence-electron chi connectivity index (χ2n) is 12.1. The van der Waals surface area contributed by atoms with Gasteiger partial charge in [0.25, 0.3) is 0 Å². The van der Waals surface area contributed by atoms with Gasteiger partial charge in [0.05, 0.1) is 0 Å². The Kier molecular flexibility index (Phi) is 8.85. The van der Waals surface area contributed by atoms with E-state index >= 15 is 0 Å². The van der Waals surface area contributed by atoms with E-state index in [0.717, 1.165) is 0 Å². The van der Waals surface area contributed by atoms with Crippen LogP contribution in [0.25, 0.3) is 0 Å². The van der Waals surface area contributed by atoms with Gasteiger partial charge in [0.2, 0.25) is 0 Å². The molecule has 0 aliphatic rings. The first-order chi connectivity index (χ1) is 22.9. The molecule has 0 spiro atoms. The molecule has 0 aliphatic carbocycles. The average Bonchev–Trinajstić information content (AvgIpc) is 3.15. The summed E-state index contributed by atoms with van der Waals surface area (Å²) in [5.41, 5.74) is 8.51. The van der Waals surface area contributed by atoms with Crippen LogP contribution in [0.3, 0.4) is 0 Å². The van der Waals surface area contributed by atoms with Crippen LogP contribution < -0.4 is 5.19 Å². The Hall–Kier alpha value is -5.24. The fraction of sp³-hybridized carbons (Fsp3) is 0.0667. The van der Waals surface area contributed by atoms with E-state index in [-0.39, 0.29) is 16.6 Å². The maximum Gasteiger partial charge on any atom is 0.122 e. The Morgan fingerprint density at radius 1 is 0.217 bits per heavy atom. The third kappa shape index (κ3) is 5.67. The second-order valence-corrected chi connectivity index (χ2v) is 16.2. The smallest absolute Gasteiger partial charge is 0.0629 e. The molecule has 0 radical (unpaired) electrons. The van der Waals surface area contributed by atoms with Crippen molar-refractivity contribution in [1.82, 2.24) is 0 Å². The van der Waals surface area contributed by atoms with Gasteiger partial charge >= 0.3 is 0 Å². The minimum Gasteiger partial charge on any atom is -0.0629 e. The van der Waals surface area contributed by atoms with Crippen LogP contribution in [0.4, 0.5) is 0 Å². The molecule has 0 aromatic heterocycles. The average molecular weight is 607 g/mol. The monoisotopic (exact) mass is 606 g/mol. The topological polar surface area (TPSA) is 0 Å². The molecule has 0 bridgehead atoms. The maximum atomic E-state index is 2.43. The van der Waals surface area contributed by atoms with Crippen molar-refractivity contribution >= 4 is 13.3 Å². The van der Waals surface area contributed by atoms with Crippen molar-refractivity contribution in [3.05, 3.63) is 246 Å². The highest BCUT2D eigenvalue weighted by Crippen LogP contribution is 2.53. The van der Waals surface area contributed by atoms with Gasteiger partial charge in [-0.3, -0.25) is 0 Å². The molecule has 0 aliphatic heterocycles. The van der Waals surface area contributed by atoms with Gasteiger partial charge in [-0.25, -0.2) is 0 Å². The molecule has 0 fully saturated rings. The molecule has 222 valence electrons. The van der Waals surface area contributed by atoms with Crippen LogP contribution >= 0.6 is 0 Å². The molecule has 1 heteroatoms. The number of rotatable bonds is 10. The van der Waals surface area contributed by atoms with Crippen molar-refractivity contribution < 1.29 is 0 Å². The Labute approximate surface area is 274 Å².